The molecule has 1 amide bonds. The molecule has 1 aliphatic heterocycles. The fourth-order valence-electron chi connectivity index (χ4n) is 2.76. The summed E-state index contributed by atoms with van der Waals surface area (Å²) in [4.78, 5) is 12.5. The zero-order valence-corrected chi connectivity index (χ0v) is 11.5. The van der Waals surface area contributed by atoms with Gasteiger partial charge in [0.25, 0.3) is 0 Å². The third-order valence-corrected chi connectivity index (χ3v) is 3.83. The maximum absolute atomic E-state index is 12.5. The molecule has 0 aromatic carbocycles. The van der Waals surface area contributed by atoms with Crippen LogP contribution in [0.4, 0.5) is 0 Å². The summed E-state index contributed by atoms with van der Waals surface area (Å²) < 4.78 is 0. The monoisotopic (exact) mass is 262 g/mol. The van der Waals surface area contributed by atoms with Crippen molar-refractivity contribution in [1.82, 2.24) is 20.8 Å². The zero-order valence-electron chi connectivity index (χ0n) is 11.5. The van der Waals surface area contributed by atoms with Crippen LogP contribution in [0.15, 0.2) is 18.3 Å². The normalized spacial score (nSPS) is 17.9. The SMILES string of the molecule is CCCC1(C(=O)NCc2cccnn2)CCNCC1. The van der Waals surface area contributed by atoms with Gasteiger partial charge in [-0.3, -0.25) is 4.79 Å². The average Bonchev–Trinajstić information content (AvgIpc) is 2.47. The Balaban J connectivity index is 1.96. The summed E-state index contributed by atoms with van der Waals surface area (Å²) in [5.41, 5.74) is 0.610. The van der Waals surface area contributed by atoms with E-state index in [1.165, 1.54) is 0 Å². The number of piperidine rings is 1. The van der Waals surface area contributed by atoms with Gasteiger partial charge in [-0.1, -0.05) is 13.3 Å². The van der Waals surface area contributed by atoms with Crippen molar-refractivity contribution in [2.75, 3.05) is 13.1 Å². The summed E-state index contributed by atoms with van der Waals surface area (Å²) >= 11 is 0. The molecular weight excluding hydrogens is 240 g/mol. The van der Waals surface area contributed by atoms with Crippen molar-refractivity contribution < 1.29 is 4.79 Å². The van der Waals surface area contributed by atoms with Crippen molar-refractivity contribution in [2.24, 2.45) is 5.41 Å². The van der Waals surface area contributed by atoms with Crippen LogP contribution in [0.2, 0.25) is 0 Å². The van der Waals surface area contributed by atoms with Crippen LogP contribution in [-0.4, -0.2) is 29.2 Å². The Hall–Kier alpha value is -1.49. The quantitative estimate of drug-likeness (QED) is 0.838. The van der Waals surface area contributed by atoms with E-state index in [2.05, 4.69) is 27.8 Å². The van der Waals surface area contributed by atoms with Gasteiger partial charge in [-0.15, -0.1) is 0 Å². The molecule has 104 valence electrons. The molecule has 0 radical (unpaired) electrons. The highest BCUT2D eigenvalue weighted by Gasteiger charge is 2.38. The van der Waals surface area contributed by atoms with Gasteiger partial charge < -0.3 is 10.6 Å². The Bertz CT molecular complexity index is 396. The largest absolute Gasteiger partial charge is 0.350 e. The first-order chi connectivity index (χ1) is 9.27. The van der Waals surface area contributed by atoms with Crippen molar-refractivity contribution in [3.63, 3.8) is 0 Å². The lowest BCUT2D eigenvalue weighted by Crippen LogP contribution is -2.47. The number of hydrogen-bond donors (Lipinski definition) is 2. The summed E-state index contributed by atoms with van der Waals surface area (Å²) in [5, 5.41) is 14.2. The minimum atomic E-state index is -0.192. The number of hydrogen-bond acceptors (Lipinski definition) is 4. The Kier molecular flexibility index (Phi) is 4.85. The maximum atomic E-state index is 12.5. The molecule has 0 atom stereocenters. The predicted octanol–water partition coefficient (Wildman–Crippen LogP) is 1.26. The Morgan fingerprint density at radius 2 is 2.26 bits per heavy atom. The van der Waals surface area contributed by atoms with Crippen molar-refractivity contribution >= 4 is 5.91 Å². The van der Waals surface area contributed by atoms with Gasteiger partial charge in [-0.2, -0.15) is 10.2 Å². The fraction of sp³-hybridized carbons (Fsp3) is 0.643. The molecule has 0 unspecified atom stereocenters. The second-order valence-corrected chi connectivity index (χ2v) is 5.18. The molecule has 0 spiro atoms. The maximum Gasteiger partial charge on any atom is 0.226 e. The molecule has 1 aromatic rings. The Labute approximate surface area is 114 Å². The van der Waals surface area contributed by atoms with E-state index in [1.807, 2.05) is 12.1 Å². The molecule has 2 N–H and O–H groups in total. The number of nitrogens with zero attached hydrogens (tertiary/aromatic N) is 2. The van der Waals surface area contributed by atoms with Crippen LogP contribution in [-0.2, 0) is 11.3 Å². The lowest BCUT2D eigenvalue weighted by atomic mass is 9.74. The van der Waals surface area contributed by atoms with E-state index < -0.39 is 0 Å². The lowest BCUT2D eigenvalue weighted by Gasteiger charge is -2.36. The standard InChI is InChI=1S/C14H22N4O/c1-2-5-14(6-9-15-10-7-14)13(19)16-11-12-4-3-8-17-18-12/h3-4,8,15H,2,5-7,9-11H2,1H3,(H,16,19). The van der Waals surface area contributed by atoms with Gasteiger partial charge in [0.2, 0.25) is 5.91 Å². The average molecular weight is 262 g/mol. The molecule has 1 aliphatic rings. The van der Waals surface area contributed by atoms with Gasteiger partial charge in [0, 0.05) is 6.20 Å². The van der Waals surface area contributed by atoms with E-state index >= 15 is 0 Å². The highest BCUT2D eigenvalue weighted by Crippen LogP contribution is 2.34. The molecule has 2 rings (SSSR count). The summed E-state index contributed by atoms with van der Waals surface area (Å²) in [6.07, 6.45) is 5.48. The predicted molar refractivity (Wildman–Crippen MR) is 73.3 cm³/mol. The van der Waals surface area contributed by atoms with Crippen LogP contribution in [0.5, 0.6) is 0 Å². The summed E-state index contributed by atoms with van der Waals surface area (Å²) in [5.74, 6) is 0.168. The molecule has 1 aromatic heterocycles. The highest BCUT2D eigenvalue weighted by atomic mass is 16.2. The molecule has 5 heteroatoms. The molecule has 1 saturated heterocycles. The van der Waals surface area contributed by atoms with E-state index in [1.54, 1.807) is 6.20 Å². The summed E-state index contributed by atoms with van der Waals surface area (Å²) in [7, 11) is 0. The number of carbonyl (C=O) groups excluding carboxylic acids is 1. The smallest absolute Gasteiger partial charge is 0.226 e. The van der Waals surface area contributed by atoms with Gasteiger partial charge in [-0.05, 0) is 44.5 Å². The highest BCUT2D eigenvalue weighted by molar-refractivity contribution is 5.82. The number of rotatable bonds is 5. The van der Waals surface area contributed by atoms with Crippen molar-refractivity contribution in [2.45, 2.75) is 39.2 Å². The second-order valence-electron chi connectivity index (χ2n) is 5.18. The molecule has 5 nitrogen and oxygen atoms in total. The Morgan fingerprint density at radius 3 is 2.89 bits per heavy atom. The van der Waals surface area contributed by atoms with Gasteiger partial charge >= 0.3 is 0 Å². The first-order valence-corrected chi connectivity index (χ1v) is 7.02. The van der Waals surface area contributed by atoms with Gasteiger partial charge in [0.1, 0.15) is 0 Å². The van der Waals surface area contributed by atoms with Crippen LogP contribution in [0.25, 0.3) is 0 Å². The first-order valence-electron chi connectivity index (χ1n) is 7.02. The van der Waals surface area contributed by atoms with Crippen molar-refractivity contribution in [3.8, 4) is 0 Å². The molecular formula is C14H22N4O. The van der Waals surface area contributed by atoms with Crippen LogP contribution >= 0.6 is 0 Å². The summed E-state index contributed by atoms with van der Waals surface area (Å²) in [6, 6.07) is 3.71. The van der Waals surface area contributed by atoms with E-state index in [4.69, 9.17) is 0 Å². The number of aromatic nitrogens is 2. The minimum Gasteiger partial charge on any atom is -0.350 e. The number of amides is 1. The topological polar surface area (TPSA) is 66.9 Å². The molecule has 19 heavy (non-hydrogen) atoms. The molecule has 0 bridgehead atoms. The third-order valence-electron chi connectivity index (χ3n) is 3.83. The van der Waals surface area contributed by atoms with E-state index in [0.717, 1.165) is 44.5 Å². The molecule has 0 aliphatic carbocycles. The van der Waals surface area contributed by atoms with Crippen LogP contribution in [0.1, 0.15) is 38.3 Å². The molecule has 1 fully saturated rings. The molecule has 0 saturated carbocycles. The zero-order chi connectivity index (χ0) is 13.6. The summed E-state index contributed by atoms with van der Waals surface area (Å²) in [6.45, 7) is 4.46. The fourth-order valence-corrected chi connectivity index (χ4v) is 2.76. The molecule has 2 heterocycles. The first kappa shape index (κ1) is 13.9. The second kappa shape index (κ2) is 6.61. The third kappa shape index (κ3) is 3.50. The van der Waals surface area contributed by atoms with Crippen molar-refractivity contribution in [1.29, 1.82) is 0 Å². The lowest BCUT2D eigenvalue weighted by molar-refractivity contribution is -0.133. The van der Waals surface area contributed by atoms with E-state index in [-0.39, 0.29) is 11.3 Å². The van der Waals surface area contributed by atoms with Gasteiger partial charge in [0.15, 0.2) is 0 Å². The van der Waals surface area contributed by atoms with Crippen LogP contribution < -0.4 is 10.6 Å². The number of nitrogens with one attached hydrogen (secondary N) is 2. The van der Waals surface area contributed by atoms with Gasteiger partial charge in [0.05, 0.1) is 17.7 Å². The van der Waals surface area contributed by atoms with Crippen LogP contribution in [0, 0.1) is 5.41 Å². The minimum absolute atomic E-state index is 0.168. The van der Waals surface area contributed by atoms with Crippen LogP contribution in [0.3, 0.4) is 0 Å². The van der Waals surface area contributed by atoms with E-state index in [0.29, 0.717) is 6.54 Å². The Morgan fingerprint density at radius 1 is 1.47 bits per heavy atom. The van der Waals surface area contributed by atoms with Crippen molar-refractivity contribution in [3.05, 3.63) is 24.0 Å². The van der Waals surface area contributed by atoms with Gasteiger partial charge in [-0.25, -0.2) is 0 Å². The van der Waals surface area contributed by atoms with E-state index in [9.17, 15) is 4.79 Å². The number of carbonyl (C=O) groups is 1.